The van der Waals surface area contributed by atoms with Gasteiger partial charge in [-0.1, -0.05) is 35.5 Å². The zero-order valence-electron chi connectivity index (χ0n) is 23.0. The summed E-state index contributed by atoms with van der Waals surface area (Å²) < 4.78 is 5.71. The number of hydrogen-bond donors (Lipinski definition) is 3. The van der Waals surface area contributed by atoms with Gasteiger partial charge in [0.2, 0.25) is 5.91 Å². The summed E-state index contributed by atoms with van der Waals surface area (Å²) in [5, 5.41) is 19.9. The van der Waals surface area contributed by atoms with Gasteiger partial charge in [0.05, 0.1) is 40.2 Å². The molecule has 0 saturated heterocycles. The first kappa shape index (κ1) is 27.8. The van der Waals surface area contributed by atoms with Gasteiger partial charge < -0.3 is 20.4 Å². The van der Waals surface area contributed by atoms with E-state index in [0.29, 0.717) is 27.6 Å². The van der Waals surface area contributed by atoms with Crippen molar-refractivity contribution in [2.45, 2.75) is 47.5 Å². The van der Waals surface area contributed by atoms with Crippen molar-refractivity contribution >= 4 is 35.0 Å². The minimum absolute atomic E-state index is 0.0852. The predicted molar refractivity (Wildman–Crippen MR) is 156 cm³/mol. The first-order chi connectivity index (χ1) is 18.6. The van der Waals surface area contributed by atoms with Gasteiger partial charge >= 0.3 is 0 Å². The van der Waals surface area contributed by atoms with Crippen molar-refractivity contribution in [3.05, 3.63) is 104 Å². The Hall–Kier alpha value is -4.22. The van der Waals surface area contributed by atoms with Gasteiger partial charge in [-0.25, -0.2) is 0 Å². The number of dihydropyridines is 1. The molecular formula is C31H32N4O3S. The number of carbonyl (C=O) groups excluding carboxylic acids is 2. The van der Waals surface area contributed by atoms with Crippen LogP contribution < -0.4 is 16.0 Å². The molecular weight excluding hydrogens is 508 g/mol. The molecule has 8 heteroatoms. The quantitative estimate of drug-likeness (QED) is 0.315. The van der Waals surface area contributed by atoms with Crippen LogP contribution in [0.25, 0.3) is 0 Å². The number of amides is 2. The van der Waals surface area contributed by atoms with E-state index < -0.39 is 5.92 Å². The number of nitrogens with zero attached hydrogens (tertiary/aromatic N) is 1. The Morgan fingerprint density at radius 1 is 0.974 bits per heavy atom. The van der Waals surface area contributed by atoms with Gasteiger partial charge in [0.25, 0.3) is 5.91 Å². The Balaban J connectivity index is 1.60. The third-order valence-electron chi connectivity index (χ3n) is 6.77. The Labute approximate surface area is 233 Å². The number of allylic oxidation sites excluding steroid dienone is 2. The van der Waals surface area contributed by atoms with Crippen LogP contribution in [0.3, 0.4) is 0 Å². The molecule has 3 aromatic rings. The number of aryl methyl sites for hydroxylation is 5. The van der Waals surface area contributed by atoms with Crippen molar-refractivity contribution in [2.24, 2.45) is 0 Å². The SMILES string of the molecule is CC1=C(C(=O)Nc2c(C)cc(C)cc2C)C(c2ccco2)C(C#N)=C(SCC(=O)Nc2ccc(C)c(C)c2)N1. The fourth-order valence-electron chi connectivity index (χ4n) is 4.78. The summed E-state index contributed by atoms with van der Waals surface area (Å²) in [6.07, 6.45) is 1.52. The molecule has 1 atom stereocenters. The summed E-state index contributed by atoms with van der Waals surface area (Å²) in [5.41, 5.74) is 8.04. The first-order valence-electron chi connectivity index (χ1n) is 12.6. The molecule has 1 unspecified atom stereocenters. The van der Waals surface area contributed by atoms with E-state index in [-0.39, 0.29) is 17.6 Å². The average molecular weight is 541 g/mol. The van der Waals surface area contributed by atoms with Gasteiger partial charge in [-0.15, -0.1) is 0 Å². The molecule has 0 spiro atoms. The van der Waals surface area contributed by atoms with E-state index in [1.807, 2.05) is 65.0 Å². The number of nitrogens with one attached hydrogen (secondary N) is 3. The maximum atomic E-state index is 13.7. The number of benzene rings is 2. The molecule has 0 fully saturated rings. The van der Waals surface area contributed by atoms with Gasteiger partial charge in [0.1, 0.15) is 5.76 Å². The Morgan fingerprint density at radius 2 is 1.69 bits per heavy atom. The smallest absolute Gasteiger partial charge is 0.254 e. The lowest BCUT2D eigenvalue weighted by Gasteiger charge is -2.28. The molecule has 4 rings (SSSR count). The number of rotatable bonds is 7. The van der Waals surface area contributed by atoms with Crippen LogP contribution in [0.15, 0.2) is 75.0 Å². The molecule has 2 amide bonds. The normalized spacial score (nSPS) is 15.1. The van der Waals surface area contributed by atoms with E-state index in [2.05, 4.69) is 22.0 Å². The maximum absolute atomic E-state index is 13.7. The molecule has 1 aliphatic heterocycles. The number of hydrogen-bond acceptors (Lipinski definition) is 6. The van der Waals surface area contributed by atoms with Crippen molar-refractivity contribution in [1.29, 1.82) is 5.26 Å². The van der Waals surface area contributed by atoms with E-state index in [1.54, 1.807) is 19.1 Å². The fourth-order valence-corrected chi connectivity index (χ4v) is 5.67. The molecule has 39 heavy (non-hydrogen) atoms. The van der Waals surface area contributed by atoms with Gasteiger partial charge in [-0.05, 0) is 88.1 Å². The van der Waals surface area contributed by atoms with Crippen LogP contribution in [0.1, 0.15) is 46.4 Å². The summed E-state index contributed by atoms with van der Waals surface area (Å²) in [6.45, 7) is 11.7. The highest BCUT2D eigenvalue weighted by Crippen LogP contribution is 2.41. The monoisotopic (exact) mass is 540 g/mol. The zero-order chi connectivity index (χ0) is 28.3. The van der Waals surface area contributed by atoms with Crippen molar-refractivity contribution in [3.8, 4) is 6.07 Å². The molecule has 0 saturated carbocycles. The van der Waals surface area contributed by atoms with E-state index in [9.17, 15) is 14.9 Å². The molecule has 2 aromatic carbocycles. The lowest BCUT2D eigenvalue weighted by atomic mass is 9.85. The maximum Gasteiger partial charge on any atom is 0.254 e. The Kier molecular flexibility index (Phi) is 8.32. The standard InChI is InChI=1S/C31H32N4O3S/c1-17-12-20(4)29(21(5)13-17)35-30(37)27-22(6)33-31(24(15-32)28(27)25-8-7-11-38-25)39-16-26(36)34-23-10-9-18(2)19(3)14-23/h7-14,28,33H,16H2,1-6H3,(H,34,36)(H,35,37). The number of anilines is 2. The fraction of sp³-hybridized carbons (Fsp3) is 0.258. The zero-order valence-corrected chi connectivity index (χ0v) is 23.8. The lowest BCUT2D eigenvalue weighted by Crippen LogP contribution is -2.31. The largest absolute Gasteiger partial charge is 0.468 e. The second-order valence-electron chi connectivity index (χ2n) is 9.83. The van der Waals surface area contributed by atoms with Gasteiger partial charge in [-0.2, -0.15) is 5.26 Å². The lowest BCUT2D eigenvalue weighted by molar-refractivity contribution is -0.114. The molecule has 2 heterocycles. The number of carbonyl (C=O) groups is 2. The van der Waals surface area contributed by atoms with Crippen LogP contribution in [-0.2, 0) is 9.59 Å². The van der Waals surface area contributed by atoms with Crippen LogP contribution in [-0.4, -0.2) is 17.6 Å². The second-order valence-corrected chi connectivity index (χ2v) is 10.8. The van der Waals surface area contributed by atoms with Crippen LogP contribution >= 0.6 is 11.8 Å². The Morgan fingerprint density at radius 3 is 2.31 bits per heavy atom. The predicted octanol–water partition coefficient (Wildman–Crippen LogP) is 6.53. The van der Waals surface area contributed by atoms with Crippen LogP contribution in [0.5, 0.6) is 0 Å². The van der Waals surface area contributed by atoms with Crippen molar-refractivity contribution in [2.75, 3.05) is 16.4 Å². The van der Waals surface area contributed by atoms with Crippen molar-refractivity contribution in [3.63, 3.8) is 0 Å². The summed E-state index contributed by atoms with van der Waals surface area (Å²) in [6, 6.07) is 15.6. The van der Waals surface area contributed by atoms with E-state index in [0.717, 1.165) is 39.2 Å². The highest BCUT2D eigenvalue weighted by atomic mass is 32.2. The van der Waals surface area contributed by atoms with E-state index >= 15 is 0 Å². The third-order valence-corrected chi connectivity index (χ3v) is 7.79. The molecule has 0 bridgehead atoms. The van der Waals surface area contributed by atoms with Gasteiger partial charge in [0, 0.05) is 17.1 Å². The summed E-state index contributed by atoms with van der Waals surface area (Å²) >= 11 is 1.22. The van der Waals surface area contributed by atoms with Crippen LogP contribution in [0, 0.1) is 45.9 Å². The van der Waals surface area contributed by atoms with Gasteiger partial charge in [0.15, 0.2) is 0 Å². The molecule has 200 valence electrons. The minimum Gasteiger partial charge on any atom is -0.468 e. The van der Waals surface area contributed by atoms with Crippen molar-refractivity contribution < 1.29 is 14.0 Å². The average Bonchev–Trinajstić information content (AvgIpc) is 3.41. The summed E-state index contributed by atoms with van der Waals surface area (Å²) in [4.78, 5) is 26.4. The topological polar surface area (TPSA) is 107 Å². The van der Waals surface area contributed by atoms with Crippen LogP contribution in [0.2, 0.25) is 0 Å². The van der Waals surface area contributed by atoms with Crippen molar-refractivity contribution in [1.82, 2.24) is 5.32 Å². The number of furan rings is 1. The van der Waals surface area contributed by atoms with Gasteiger partial charge in [-0.3, -0.25) is 9.59 Å². The third kappa shape index (κ3) is 6.10. The molecule has 7 nitrogen and oxygen atoms in total. The van der Waals surface area contributed by atoms with E-state index in [4.69, 9.17) is 4.42 Å². The summed E-state index contributed by atoms with van der Waals surface area (Å²) in [5.74, 6) is -0.669. The molecule has 0 radical (unpaired) electrons. The number of thioether (sulfide) groups is 1. The second kappa shape index (κ2) is 11.7. The highest BCUT2D eigenvalue weighted by molar-refractivity contribution is 8.03. The first-order valence-corrected chi connectivity index (χ1v) is 13.6. The molecule has 1 aromatic heterocycles. The minimum atomic E-state index is -0.720. The number of nitriles is 1. The van der Waals surface area contributed by atoms with Crippen LogP contribution in [0.4, 0.5) is 11.4 Å². The molecule has 1 aliphatic rings. The molecule has 0 aliphatic carbocycles. The summed E-state index contributed by atoms with van der Waals surface area (Å²) in [7, 11) is 0. The Bertz CT molecular complexity index is 1520. The van der Waals surface area contributed by atoms with E-state index in [1.165, 1.54) is 18.0 Å². The highest BCUT2D eigenvalue weighted by Gasteiger charge is 2.36. The molecule has 3 N–H and O–H groups in total.